The van der Waals surface area contributed by atoms with E-state index in [4.69, 9.17) is 39.4 Å². The van der Waals surface area contributed by atoms with Crippen molar-refractivity contribution in [1.29, 1.82) is 0 Å². The molecule has 3 aliphatic rings. The summed E-state index contributed by atoms with van der Waals surface area (Å²) in [7, 11) is 3.51. The number of fused-ring (bicyclic) bond motifs is 9. The summed E-state index contributed by atoms with van der Waals surface area (Å²) in [5, 5.41) is 0. The smallest absolute Gasteiger partial charge is 0.163 e. The van der Waals surface area contributed by atoms with Gasteiger partial charge in [-0.25, -0.2) is 29.9 Å². The van der Waals surface area contributed by atoms with E-state index >= 15 is 0 Å². The second-order valence-electron chi connectivity index (χ2n) is 16.4. The van der Waals surface area contributed by atoms with Crippen LogP contribution in [0.25, 0.3) is 62.3 Å². The Bertz CT molecular complexity index is 3130. The van der Waals surface area contributed by atoms with Crippen molar-refractivity contribution in [3.63, 3.8) is 0 Å². The SMILES string of the molecule is COC1=CCC(c2nc(-c3ccccc3)nc(-c3ccccc3)n2)(c2nc(-c3ccccc3)nc(-c3ccccc3)n2)C2=C1C1(c3ccccc32)c2ccccc2-c2cccc(OC)c21. The quantitative estimate of drug-likeness (QED) is 0.149. The Hall–Kier alpha value is -8.36. The molecule has 0 N–H and O–H groups in total. The van der Waals surface area contributed by atoms with Crippen LogP contribution < -0.4 is 4.74 Å². The molecule has 0 radical (unpaired) electrons. The highest BCUT2D eigenvalue weighted by Gasteiger charge is 2.62. The number of hydrogen-bond donors (Lipinski definition) is 0. The highest BCUT2D eigenvalue weighted by Crippen LogP contribution is 2.69. The number of ether oxygens (including phenoxy) is 2. The van der Waals surface area contributed by atoms with E-state index in [2.05, 4.69) is 72.8 Å². The number of methoxy groups -OCH3 is 2. The van der Waals surface area contributed by atoms with Gasteiger partial charge in [-0.15, -0.1) is 0 Å². The summed E-state index contributed by atoms with van der Waals surface area (Å²) in [6.07, 6.45) is 2.55. The largest absolute Gasteiger partial charge is 0.497 e. The van der Waals surface area contributed by atoms with Gasteiger partial charge in [0.2, 0.25) is 0 Å². The lowest BCUT2D eigenvalue weighted by molar-refractivity contribution is 0.288. The minimum Gasteiger partial charge on any atom is -0.497 e. The fourth-order valence-corrected chi connectivity index (χ4v) is 10.4. The van der Waals surface area contributed by atoms with Crippen LogP contribution in [0.3, 0.4) is 0 Å². The first-order chi connectivity index (χ1) is 32.1. The maximum absolute atomic E-state index is 6.62. The van der Waals surface area contributed by atoms with Crippen molar-refractivity contribution in [2.45, 2.75) is 17.3 Å². The maximum Gasteiger partial charge on any atom is 0.163 e. The lowest BCUT2D eigenvalue weighted by Crippen LogP contribution is -2.38. The molecule has 0 amide bonds. The first-order valence-corrected chi connectivity index (χ1v) is 21.7. The van der Waals surface area contributed by atoms with Crippen LogP contribution in [0, 0.1) is 0 Å². The molecule has 3 aliphatic carbocycles. The van der Waals surface area contributed by atoms with Crippen molar-refractivity contribution in [1.82, 2.24) is 29.9 Å². The van der Waals surface area contributed by atoms with Crippen LogP contribution in [-0.4, -0.2) is 44.1 Å². The molecule has 0 fully saturated rings. The Morgan fingerprint density at radius 3 is 1.26 bits per heavy atom. The van der Waals surface area contributed by atoms with Crippen molar-refractivity contribution in [3.8, 4) is 62.4 Å². The van der Waals surface area contributed by atoms with E-state index in [1.54, 1.807) is 14.2 Å². The van der Waals surface area contributed by atoms with E-state index in [0.717, 1.165) is 78.3 Å². The maximum atomic E-state index is 6.62. The summed E-state index contributed by atoms with van der Waals surface area (Å²) in [5.74, 6) is 4.70. The molecule has 1 atom stereocenters. The zero-order valence-corrected chi connectivity index (χ0v) is 35.7. The Labute approximate surface area is 376 Å². The fraction of sp³-hybridized carbons (Fsp3) is 0.0877. The molecular formula is C57H40N6O2. The lowest BCUT2D eigenvalue weighted by atomic mass is 9.64. The van der Waals surface area contributed by atoms with Crippen molar-refractivity contribution >= 4 is 5.57 Å². The van der Waals surface area contributed by atoms with Crippen LogP contribution in [0.5, 0.6) is 5.75 Å². The molecule has 1 spiro atoms. The van der Waals surface area contributed by atoms with E-state index in [9.17, 15) is 0 Å². The molecule has 2 aromatic heterocycles. The van der Waals surface area contributed by atoms with E-state index in [1.807, 2.05) is 121 Å². The van der Waals surface area contributed by atoms with Crippen LogP contribution in [0.15, 0.2) is 205 Å². The molecule has 0 saturated heterocycles. The van der Waals surface area contributed by atoms with E-state index < -0.39 is 10.8 Å². The average molecular weight is 841 g/mol. The van der Waals surface area contributed by atoms with Gasteiger partial charge in [-0.2, -0.15) is 0 Å². The van der Waals surface area contributed by atoms with Gasteiger partial charge in [0.1, 0.15) is 16.9 Å². The molecule has 65 heavy (non-hydrogen) atoms. The van der Waals surface area contributed by atoms with Gasteiger partial charge in [-0.1, -0.05) is 182 Å². The third-order valence-electron chi connectivity index (χ3n) is 13.1. The second kappa shape index (κ2) is 15.2. The number of nitrogens with zero attached hydrogens (tertiary/aromatic N) is 6. The van der Waals surface area contributed by atoms with Crippen LogP contribution in [0.1, 0.15) is 40.3 Å². The summed E-state index contributed by atoms with van der Waals surface area (Å²) in [4.78, 5) is 32.7. The van der Waals surface area contributed by atoms with Crippen molar-refractivity contribution < 1.29 is 9.47 Å². The van der Waals surface area contributed by atoms with E-state index in [0.29, 0.717) is 41.4 Å². The molecule has 8 nitrogen and oxygen atoms in total. The van der Waals surface area contributed by atoms with Crippen LogP contribution in [-0.2, 0) is 15.6 Å². The molecule has 0 aliphatic heterocycles. The van der Waals surface area contributed by atoms with Gasteiger partial charge >= 0.3 is 0 Å². The van der Waals surface area contributed by atoms with Gasteiger partial charge in [0.25, 0.3) is 0 Å². The van der Waals surface area contributed by atoms with Crippen LogP contribution >= 0.6 is 0 Å². The Balaban J connectivity index is 1.28. The van der Waals surface area contributed by atoms with Gasteiger partial charge in [0.05, 0.1) is 19.6 Å². The van der Waals surface area contributed by atoms with Crippen molar-refractivity contribution in [3.05, 3.63) is 239 Å². The number of rotatable bonds is 8. The predicted octanol–water partition coefficient (Wildman–Crippen LogP) is 11.7. The fourth-order valence-electron chi connectivity index (χ4n) is 10.4. The summed E-state index contributed by atoms with van der Waals surface area (Å²) in [5.41, 5.74) is 9.76. The van der Waals surface area contributed by atoms with Crippen molar-refractivity contribution in [2.24, 2.45) is 0 Å². The minimum atomic E-state index is -1.25. The minimum absolute atomic E-state index is 0.360. The van der Waals surface area contributed by atoms with Gasteiger partial charge in [0, 0.05) is 33.4 Å². The van der Waals surface area contributed by atoms with E-state index in [-0.39, 0.29) is 0 Å². The van der Waals surface area contributed by atoms with Gasteiger partial charge < -0.3 is 9.47 Å². The highest BCUT2D eigenvalue weighted by molar-refractivity contribution is 6.01. The molecule has 2 heterocycles. The lowest BCUT2D eigenvalue weighted by Gasteiger charge is -2.39. The number of hydrogen-bond acceptors (Lipinski definition) is 8. The third-order valence-corrected chi connectivity index (χ3v) is 13.1. The zero-order chi connectivity index (χ0) is 43.5. The van der Waals surface area contributed by atoms with Crippen LogP contribution in [0.4, 0.5) is 0 Å². The molecule has 8 heteroatoms. The summed E-state index contributed by atoms with van der Waals surface area (Å²) >= 11 is 0. The first kappa shape index (κ1) is 38.3. The van der Waals surface area contributed by atoms with E-state index in [1.165, 1.54) is 0 Å². The van der Waals surface area contributed by atoms with Gasteiger partial charge in [-0.05, 0) is 52.0 Å². The number of benzene rings is 7. The number of aromatic nitrogens is 6. The molecule has 310 valence electrons. The summed E-state index contributed by atoms with van der Waals surface area (Å²) in [6, 6.07) is 64.1. The van der Waals surface area contributed by atoms with Crippen LogP contribution in [0.2, 0.25) is 0 Å². The zero-order valence-electron chi connectivity index (χ0n) is 35.7. The molecule has 0 bridgehead atoms. The second-order valence-corrected chi connectivity index (χ2v) is 16.4. The Morgan fingerprint density at radius 1 is 0.385 bits per heavy atom. The predicted molar refractivity (Wildman–Crippen MR) is 254 cm³/mol. The third kappa shape index (κ3) is 5.70. The molecule has 0 saturated carbocycles. The summed E-state index contributed by atoms with van der Waals surface area (Å²) in [6.45, 7) is 0. The highest BCUT2D eigenvalue weighted by atomic mass is 16.5. The number of allylic oxidation sites excluding steroid dienone is 3. The van der Waals surface area contributed by atoms with Gasteiger partial charge in [0.15, 0.2) is 34.9 Å². The molecule has 7 aromatic carbocycles. The molecular weight excluding hydrogens is 801 g/mol. The topological polar surface area (TPSA) is 95.8 Å². The standard InChI is InChI=1S/C57H40N6O2/c1-64-45-33-19-30-41-40-28-15-17-31-43(40)57(47(41)45)44-32-18-16-29-42(44)48-49(57)46(65-2)34-35-56(48,54-60-50(36-20-7-3-8-21-36)58-51(61-54)37-22-9-4-10-23-37)55-62-52(38-24-11-5-12-25-38)59-53(63-55)39-26-13-6-14-27-39/h3-34H,35H2,1-2H3. The Kier molecular flexibility index (Phi) is 8.95. The monoisotopic (exact) mass is 840 g/mol. The Morgan fingerprint density at radius 2 is 0.800 bits per heavy atom. The molecule has 12 rings (SSSR count). The molecule has 9 aromatic rings. The normalized spacial score (nSPS) is 16.3. The molecule has 1 unspecified atom stereocenters. The average Bonchev–Trinajstić information content (AvgIpc) is 3.87. The van der Waals surface area contributed by atoms with Gasteiger partial charge in [-0.3, -0.25) is 0 Å². The first-order valence-electron chi connectivity index (χ1n) is 21.7. The summed E-state index contributed by atoms with van der Waals surface area (Å²) < 4.78 is 13.0. The van der Waals surface area contributed by atoms with Crippen molar-refractivity contribution in [2.75, 3.05) is 14.2 Å².